The van der Waals surface area contributed by atoms with Gasteiger partial charge in [0, 0.05) is 43.6 Å². The summed E-state index contributed by atoms with van der Waals surface area (Å²) in [6.07, 6.45) is 7.23. The molecule has 2 fully saturated rings. The fourth-order valence-electron chi connectivity index (χ4n) is 10.5. The Morgan fingerprint density at radius 2 is 1.48 bits per heavy atom. The van der Waals surface area contributed by atoms with Crippen molar-refractivity contribution in [3.8, 4) is 0 Å². The minimum atomic E-state index is -0.990. The number of esters is 3. The molecule has 8 heteroatoms. The zero-order valence-corrected chi connectivity index (χ0v) is 28.5. The van der Waals surface area contributed by atoms with E-state index in [0.29, 0.717) is 18.8 Å². The lowest BCUT2D eigenvalue weighted by Gasteiger charge is -2.62. The second kappa shape index (κ2) is 11.9. The lowest BCUT2D eigenvalue weighted by atomic mass is 9.43. The summed E-state index contributed by atoms with van der Waals surface area (Å²) < 4.78 is 17.9. The fraction of sp³-hybridized carbons (Fsp3) is 0.778. The van der Waals surface area contributed by atoms with Crippen LogP contribution in [0.1, 0.15) is 121 Å². The predicted molar refractivity (Wildman–Crippen MR) is 166 cm³/mol. The topological polar surface area (TPSA) is 116 Å². The van der Waals surface area contributed by atoms with E-state index in [4.69, 9.17) is 14.2 Å². The number of allylic oxidation sites excluding steroid dienone is 1. The van der Waals surface area contributed by atoms with Gasteiger partial charge in [-0.25, -0.2) is 4.79 Å². The molecular formula is C36H54O8. The monoisotopic (exact) mass is 614 g/mol. The largest absolute Gasteiger partial charge is 0.478 e. The number of rotatable bonds is 8. The molecule has 8 nitrogen and oxygen atoms in total. The van der Waals surface area contributed by atoms with Crippen molar-refractivity contribution < 1.29 is 38.5 Å². The SMILES string of the molecule is CC(=O)O[C@@H](C/C=C(\C)C(=O)O)[C@@H](C)[C@H]1C[C@H](OC(C)=O)[C@@]2(C)C3=C(CC[C@]12C)[C@@]1(C)CC[C@H](OC(C)=O)C(C)(C)[C@@H]1CC3. The molecule has 0 saturated heterocycles. The van der Waals surface area contributed by atoms with E-state index in [0.717, 1.165) is 38.5 Å². The van der Waals surface area contributed by atoms with Gasteiger partial charge in [-0.2, -0.15) is 0 Å². The Balaban J connectivity index is 1.77. The Morgan fingerprint density at radius 3 is 2.05 bits per heavy atom. The van der Waals surface area contributed by atoms with Crippen molar-refractivity contribution >= 4 is 23.9 Å². The summed E-state index contributed by atoms with van der Waals surface area (Å²) in [5.74, 6) is -1.55. The Hall–Kier alpha value is -2.64. The van der Waals surface area contributed by atoms with E-state index < -0.39 is 23.5 Å². The summed E-state index contributed by atoms with van der Waals surface area (Å²) in [4.78, 5) is 48.2. The van der Waals surface area contributed by atoms with Crippen LogP contribution in [0.3, 0.4) is 0 Å². The van der Waals surface area contributed by atoms with E-state index >= 15 is 0 Å². The number of carboxylic acid groups (broad SMARTS) is 1. The lowest BCUT2D eigenvalue weighted by Crippen LogP contribution is -2.57. The third-order valence-electron chi connectivity index (χ3n) is 12.9. The number of carbonyl (C=O) groups is 4. The van der Waals surface area contributed by atoms with Gasteiger partial charge in [0.25, 0.3) is 0 Å². The van der Waals surface area contributed by atoms with Gasteiger partial charge < -0.3 is 19.3 Å². The maximum atomic E-state index is 12.6. The Labute approximate surface area is 263 Å². The van der Waals surface area contributed by atoms with Gasteiger partial charge in [-0.3, -0.25) is 14.4 Å². The normalized spacial score (nSPS) is 37.5. The van der Waals surface area contributed by atoms with E-state index in [1.54, 1.807) is 13.0 Å². The first-order chi connectivity index (χ1) is 20.3. The quantitative estimate of drug-likeness (QED) is 0.132. The first kappa shape index (κ1) is 34.2. The smallest absolute Gasteiger partial charge is 0.330 e. The molecule has 0 heterocycles. The zero-order valence-electron chi connectivity index (χ0n) is 28.5. The summed E-state index contributed by atoms with van der Waals surface area (Å²) in [7, 11) is 0. The number of carbonyl (C=O) groups excluding carboxylic acids is 3. The molecule has 0 unspecified atom stereocenters. The van der Waals surface area contributed by atoms with Crippen molar-refractivity contribution in [2.24, 2.45) is 39.4 Å². The number of ether oxygens (including phenoxy) is 3. The maximum absolute atomic E-state index is 12.6. The van der Waals surface area contributed by atoms with Crippen molar-refractivity contribution in [1.29, 1.82) is 0 Å². The van der Waals surface area contributed by atoms with Gasteiger partial charge in [-0.15, -0.1) is 0 Å². The highest BCUT2D eigenvalue weighted by atomic mass is 16.6. The number of aliphatic carboxylic acids is 1. The fourth-order valence-corrected chi connectivity index (χ4v) is 10.5. The van der Waals surface area contributed by atoms with E-state index in [1.807, 2.05) is 0 Å². The van der Waals surface area contributed by atoms with Crippen LogP contribution in [0.2, 0.25) is 0 Å². The van der Waals surface area contributed by atoms with Crippen LogP contribution in [0.5, 0.6) is 0 Å². The molecule has 0 bridgehead atoms. The Morgan fingerprint density at radius 1 is 0.864 bits per heavy atom. The van der Waals surface area contributed by atoms with Crippen LogP contribution in [0, 0.1) is 39.4 Å². The van der Waals surface area contributed by atoms with Gasteiger partial charge in [0.2, 0.25) is 0 Å². The van der Waals surface area contributed by atoms with E-state index in [-0.39, 0.29) is 57.8 Å². The summed E-state index contributed by atoms with van der Waals surface area (Å²) in [6, 6.07) is 0. The van der Waals surface area contributed by atoms with E-state index in [9.17, 15) is 24.3 Å². The van der Waals surface area contributed by atoms with E-state index in [2.05, 4.69) is 41.5 Å². The standard InChI is InChI=1S/C36H54O8/c1-20(32(40)41)11-13-28(42-22(3)37)21(2)27-19-31(44-24(5)39)36(10)26-12-14-29-33(6,7)30(43-23(4)38)16-17-34(29,8)25(26)15-18-35(27,36)9/h11,21,27-31H,12-19H2,1-10H3,(H,40,41)/b20-11+/t21-,27+,28-,29-,30-,31-,34+,35+,36+/m0/s1. The molecule has 0 spiro atoms. The van der Waals surface area contributed by atoms with Crippen LogP contribution >= 0.6 is 0 Å². The highest BCUT2D eigenvalue weighted by Gasteiger charge is 2.68. The minimum Gasteiger partial charge on any atom is -0.478 e. The molecule has 0 radical (unpaired) electrons. The van der Waals surface area contributed by atoms with E-state index in [1.165, 1.54) is 31.9 Å². The number of carboxylic acids is 1. The van der Waals surface area contributed by atoms with Crippen LogP contribution in [0.25, 0.3) is 0 Å². The van der Waals surface area contributed by atoms with Gasteiger partial charge in [-0.1, -0.05) is 58.8 Å². The molecule has 44 heavy (non-hydrogen) atoms. The number of hydrogen-bond acceptors (Lipinski definition) is 7. The van der Waals surface area contributed by atoms with Crippen molar-refractivity contribution in [2.75, 3.05) is 0 Å². The average molecular weight is 615 g/mol. The maximum Gasteiger partial charge on any atom is 0.330 e. The first-order valence-corrected chi connectivity index (χ1v) is 16.4. The van der Waals surface area contributed by atoms with Crippen LogP contribution in [-0.4, -0.2) is 47.3 Å². The van der Waals surface area contributed by atoms with Crippen molar-refractivity contribution in [1.82, 2.24) is 0 Å². The molecule has 9 atom stereocenters. The third-order valence-corrected chi connectivity index (χ3v) is 12.9. The minimum absolute atomic E-state index is 0.0397. The summed E-state index contributed by atoms with van der Waals surface area (Å²) in [6.45, 7) is 19.6. The second-order valence-corrected chi connectivity index (χ2v) is 15.4. The predicted octanol–water partition coefficient (Wildman–Crippen LogP) is 7.20. The van der Waals surface area contributed by atoms with Crippen LogP contribution in [0.4, 0.5) is 0 Å². The van der Waals surface area contributed by atoms with Gasteiger partial charge in [-0.05, 0) is 80.5 Å². The molecule has 0 aromatic heterocycles. The van der Waals surface area contributed by atoms with Crippen LogP contribution in [-0.2, 0) is 33.4 Å². The van der Waals surface area contributed by atoms with Gasteiger partial charge in [0.1, 0.15) is 18.3 Å². The molecule has 4 aliphatic carbocycles. The lowest BCUT2D eigenvalue weighted by molar-refractivity contribution is -0.168. The second-order valence-electron chi connectivity index (χ2n) is 15.4. The number of fused-ring (bicyclic) bond motifs is 4. The molecule has 0 amide bonds. The Bertz CT molecular complexity index is 1260. The highest BCUT2D eigenvalue weighted by Crippen LogP contribution is 2.73. The molecule has 0 aromatic rings. The molecule has 0 aromatic carbocycles. The molecule has 2 saturated carbocycles. The van der Waals surface area contributed by atoms with Crippen molar-refractivity contribution in [2.45, 2.75) is 139 Å². The third kappa shape index (κ3) is 5.53. The molecular weight excluding hydrogens is 560 g/mol. The van der Waals surface area contributed by atoms with Gasteiger partial charge in [0.05, 0.1) is 0 Å². The molecule has 4 rings (SSSR count). The van der Waals surface area contributed by atoms with Crippen molar-refractivity contribution in [3.63, 3.8) is 0 Å². The van der Waals surface area contributed by atoms with Gasteiger partial charge in [0.15, 0.2) is 0 Å². The van der Waals surface area contributed by atoms with Crippen LogP contribution in [0.15, 0.2) is 22.8 Å². The molecule has 1 N–H and O–H groups in total. The molecule has 246 valence electrons. The van der Waals surface area contributed by atoms with Crippen molar-refractivity contribution in [3.05, 3.63) is 22.8 Å². The summed E-state index contributed by atoms with van der Waals surface area (Å²) in [5, 5.41) is 9.42. The molecule has 0 aliphatic heterocycles. The zero-order chi connectivity index (χ0) is 33.0. The average Bonchev–Trinajstić information content (AvgIpc) is 3.13. The highest BCUT2D eigenvalue weighted by molar-refractivity contribution is 5.85. The summed E-state index contributed by atoms with van der Waals surface area (Å²) in [5.41, 5.74) is 2.32. The first-order valence-electron chi connectivity index (χ1n) is 16.4. The summed E-state index contributed by atoms with van der Waals surface area (Å²) >= 11 is 0. The molecule has 4 aliphatic rings. The Kier molecular flexibility index (Phi) is 9.29. The van der Waals surface area contributed by atoms with Crippen LogP contribution < -0.4 is 0 Å². The number of hydrogen-bond donors (Lipinski definition) is 1. The van der Waals surface area contributed by atoms with Gasteiger partial charge >= 0.3 is 23.9 Å².